The van der Waals surface area contributed by atoms with Crippen LogP contribution in [-0.2, 0) is 4.79 Å². The molecule has 0 aliphatic heterocycles. The molecule has 2 aromatic rings. The zero-order valence-electron chi connectivity index (χ0n) is 9.03. The molecule has 0 aromatic carbocycles. The molecule has 16 heavy (non-hydrogen) atoms. The Bertz CT molecular complexity index is 528. The van der Waals surface area contributed by atoms with Crippen LogP contribution >= 0.6 is 0 Å². The van der Waals surface area contributed by atoms with E-state index in [9.17, 15) is 4.79 Å². The van der Waals surface area contributed by atoms with Crippen LogP contribution < -0.4 is 5.32 Å². The number of rotatable bonds is 3. The number of amides is 1. The van der Waals surface area contributed by atoms with Crippen LogP contribution in [0.25, 0.3) is 17.1 Å². The van der Waals surface area contributed by atoms with E-state index in [2.05, 4.69) is 15.3 Å². The standard InChI is InChI=1S/C12H13N3O/c1-9(16)13-5-2-3-10-7-12-11(15-8-10)4-6-14-12/h2-4,6-8,14H,5H2,1H3,(H,13,16). The van der Waals surface area contributed by atoms with Gasteiger partial charge >= 0.3 is 0 Å². The summed E-state index contributed by atoms with van der Waals surface area (Å²) >= 11 is 0. The second-order valence-electron chi connectivity index (χ2n) is 3.52. The normalized spacial score (nSPS) is 11.1. The molecule has 4 nitrogen and oxygen atoms in total. The van der Waals surface area contributed by atoms with E-state index < -0.39 is 0 Å². The molecule has 0 spiro atoms. The summed E-state index contributed by atoms with van der Waals surface area (Å²) in [5.41, 5.74) is 2.99. The predicted octanol–water partition coefficient (Wildman–Crippen LogP) is 1.71. The van der Waals surface area contributed by atoms with Crippen LogP contribution in [0.4, 0.5) is 0 Å². The first kappa shape index (κ1) is 10.4. The number of carbonyl (C=O) groups excluding carboxylic acids is 1. The molecule has 0 aliphatic rings. The molecule has 0 aliphatic carbocycles. The van der Waals surface area contributed by atoms with Gasteiger partial charge in [-0.25, -0.2) is 0 Å². The Morgan fingerprint density at radius 3 is 3.31 bits per heavy atom. The van der Waals surface area contributed by atoms with E-state index in [1.54, 1.807) is 6.20 Å². The van der Waals surface area contributed by atoms with Crippen molar-refractivity contribution in [3.05, 3.63) is 36.2 Å². The summed E-state index contributed by atoms with van der Waals surface area (Å²) in [6.45, 7) is 2.04. The van der Waals surface area contributed by atoms with Gasteiger partial charge in [-0.15, -0.1) is 0 Å². The monoisotopic (exact) mass is 215 g/mol. The Labute approximate surface area is 93.4 Å². The summed E-state index contributed by atoms with van der Waals surface area (Å²) < 4.78 is 0. The summed E-state index contributed by atoms with van der Waals surface area (Å²) in [6.07, 6.45) is 7.50. The molecular weight excluding hydrogens is 202 g/mol. The third-order valence-electron chi connectivity index (χ3n) is 2.20. The molecule has 0 fully saturated rings. The van der Waals surface area contributed by atoms with Crippen LogP contribution in [0, 0.1) is 0 Å². The van der Waals surface area contributed by atoms with Crippen molar-refractivity contribution in [1.82, 2.24) is 15.3 Å². The number of fused-ring (bicyclic) bond motifs is 1. The smallest absolute Gasteiger partial charge is 0.217 e. The Kier molecular flexibility index (Phi) is 3.00. The van der Waals surface area contributed by atoms with Crippen molar-refractivity contribution >= 4 is 23.0 Å². The van der Waals surface area contributed by atoms with Gasteiger partial charge in [0.05, 0.1) is 11.0 Å². The van der Waals surface area contributed by atoms with E-state index in [4.69, 9.17) is 0 Å². The van der Waals surface area contributed by atoms with Crippen LogP contribution in [0.5, 0.6) is 0 Å². The van der Waals surface area contributed by atoms with E-state index in [-0.39, 0.29) is 5.91 Å². The minimum absolute atomic E-state index is 0.0254. The maximum Gasteiger partial charge on any atom is 0.217 e. The number of nitrogens with one attached hydrogen (secondary N) is 2. The van der Waals surface area contributed by atoms with E-state index >= 15 is 0 Å². The zero-order chi connectivity index (χ0) is 11.4. The molecule has 0 saturated heterocycles. The third kappa shape index (κ3) is 2.48. The number of pyridine rings is 1. The van der Waals surface area contributed by atoms with Crippen molar-refractivity contribution < 1.29 is 4.79 Å². The number of aromatic amines is 1. The summed E-state index contributed by atoms with van der Waals surface area (Å²) in [7, 11) is 0. The van der Waals surface area contributed by atoms with Crippen LogP contribution in [0.15, 0.2) is 30.6 Å². The highest BCUT2D eigenvalue weighted by Crippen LogP contribution is 2.11. The first-order valence-electron chi connectivity index (χ1n) is 5.10. The molecule has 82 valence electrons. The molecule has 2 N–H and O–H groups in total. The minimum Gasteiger partial charge on any atom is -0.360 e. The van der Waals surface area contributed by atoms with Gasteiger partial charge in [0.2, 0.25) is 5.91 Å². The minimum atomic E-state index is -0.0254. The molecule has 4 heteroatoms. The second kappa shape index (κ2) is 4.61. The Balaban J connectivity index is 2.06. The summed E-state index contributed by atoms with van der Waals surface area (Å²) in [5.74, 6) is -0.0254. The van der Waals surface area contributed by atoms with Gasteiger partial charge in [-0.1, -0.05) is 12.2 Å². The average Bonchev–Trinajstić information content (AvgIpc) is 2.71. The van der Waals surface area contributed by atoms with E-state index in [0.29, 0.717) is 6.54 Å². The maximum absolute atomic E-state index is 10.6. The molecule has 2 aromatic heterocycles. The molecule has 0 atom stereocenters. The first-order valence-corrected chi connectivity index (χ1v) is 5.10. The number of aromatic nitrogens is 2. The number of hydrogen-bond acceptors (Lipinski definition) is 2. The zero-order valence-corrected chi connectivity index (χ0v) is 9.03. The maximum atomic E-state index is 10.6. The fourth-order valence-corrected chi connectivity index (χ4v) is 1.44. The Hall–Kier alpha value is -2.10. The molecule has 0 radical (unpaired) electrons. The van der Waals surface area contributed by atoms with Crippen molar-refractivity contribution in [3.8, 4) is 0 Å². The van der Waals surface area contributed by atoms with Crippen molar-refractivity contribution in [2.75, 3.05) is 6.54 Å². The SMILES string of the molecule is CC(=O)NCC=Cc1cnc2cc[nH]c2c1. The highest BCUT2D eigenvalue weighted by atomic mass is 16.1. The summed E-state index contributed by atoms with van der Waals surface area (Å²) in [5, 5.41) is 2.69. The van der Waals surface area contributed by atoms with Gasteiger partial charge in [-0.2, -0.15) is 0 Å². The molecule has 0 bridgehead atoms. The largest absolute Gasteiger partial charge is 0.360 e. The van der Waals surface area contributed by atoms with Gasteiger partial charge in [-0.05, 0) is 17.7 Å². The summed E-state index contributed by atoms with van der Waals surface area (Å²) in [4.78, 5) is 18.0. The van der Waals surface area contributed by atoms with Gasteiger partial charge in [-0.3, -0.25) is 9.78 Å². The van der Waals surface area contributed by atoms with Gasteiger partial charge < -0.3 is 10.3 Å². The lowest BCUT2D eigenvalue weighted by molar-refractivity contribution is -0.118. The second-order valence-corrected chi connectivity index (χ2v) is 3.52. The lowest BCUT2D eigenvalue weighted by Gasteiger charge is -1.96. The lowest BCUT2D eigenvalue weighted by atomic mass is 10.2. The van der Waals surface area contributed by atoms with Crippen molar-refractivity contribution in [2.45, 2.75) is 6.92 Å². The van der Waals surface area contributed by atoms with Crippen LogP contribution in [0.2, 0.25) is 0 Å². The highest BCUT2D eigenvalue weighted by molar-refractivity contribution is 5.77. The van der Waals surface area contributed by atoms with E-state index in [1.807, 2.05) is 30.5 Å². The number of hydrogen-bond donors (Lipinski definition) is 2. The van der Waals surface area contributed by atoms with Gasteiger partial charge in [0.25, 0.3) is 0 Å². The molecule has 0 saturated carbocycles. The Morgan fingerprint density at radius 1 is 1.62 bits per heavy atom. The van der Waals surface area contributed by atoms with Crippen molar-refractivity contribution in [3.63, 3.8) is 0 Å². The van der Waals surface area contributed by atoms with Crippen molar-refractivity contribution in [1.29, 1.82) is 0 Å². The Morgan fingerprint density at radius 2 is 2.50 bits per heavy atom. The van der Waals surface area contributed by atoms with Gasteiger partial charge in [0.15, 0.2) is 0 Å². The first-order chi connectivity index (χ1) is 7.75. The fraction of sp³-hybridized carbons (Fsp3) is 0.167. The fourth-order valence-electron chi connectivity index (χ4n) is 1.44. The van der Waals surface area contributed by atoms with Crippen molar-refractivity contribution in [2.24, 2.45) is 0 Å². The average molecular weight is 215 g/mol. The van der Waals surface area contributed by atoms with E-state index in [0.717, 1.165) is 16.6 Å². The van der Waals surface area contributed by atoms with Gasteiger partial charge in [0.1, 0.15) is 0 Å². The topological polar surface area (TPSA) is 57.8 Å². The van der Waals surface area contributed by atoms with E-state index in [1.165, 1.54) is 6.92 Å². The summed E-state index contributed by atoms with van der Waals surface area (Å²) in [6, 6.07) is 3.95. The molecule has 2 rings (SSSR count). The van der Waals surface area contributed by atoms with Crippen LogP contribution in [0.3, 0.4) is 0 Å². The predicted molar refractivity (Wildman–Crippen MR) is 63.8 cm³/mol. The molecule has 1 amide bonds. The number of nitrogens with zero attached hydrogens (tertiary/aromatic N) is 1. The lowest BCUT2D eigenvalue weighted by Crippen LogP contribution is -2.19. The number of H-pyrrole nitrogens is 1. The van der Waals surface area contributed by atoms with Crippen LogP contribution in [0.1, 0.15) is 12.5 Å². The molecule has 2 heterocycles. The highest BCUT2D eigenvalue weighted by Gasteiger charge is 1.95. The third-order valence-corrected chi connectivity index (χ3v) is 2.20. The quantitative estimate of drug-likeness (QED) is 0.818. The van der Waals surface area contributed by atoms with Gasteiger partial charge in [0, 0.05) is 25.9 Å². The number of carbonyl (C=O) groups is 1. The molecular formula is C12H13N3O. The molecule has 0 unspecified atom stereocenters. The van der Waals surface area contributed by atoms with Crippen LogP contribution in [-0.4, -0.2) is 22.4 Å².